The molecule has 2 N–H and O–H groups in total. The number of hydrogen-bond donors (Lipinski definition) is 2. The van der Waals surface area contributed by atoms with Crippen LogP contribution in [0.15, 0.2) is 18.2 Å². The molecule has 2 aliphatic rings. The van der Waals surface area contributed by atoms with Gasteiger partial charge in [0.15, 0.2) is 0 Å². The van der Waals surface area contributed by atoms with Crippen LogP contribution in [0, 0.1) is 17.6 Å². The summed E-state index contributed by atoms with van der Waals surface area (Å²) in [7, 11) is 0. The van der Waals surface area contributed by atoms with Crippen LogP contribution in [-0.2, 0) is 0 Å². The first kappa shape index (κ1) is 17.0. The molecule has 0 radical (unpaired) electrons. The number of rotatable bonds is 3. The van der Waals surface area contributed by atoms with Gasteiger partial charge in [0.05, 0.1) is 0 Å². The summed E-state index contributed by atoms with van der Waals surface area (Å²) in [5.74, 6) is -1.02. The van der Waals surface area contributed by atoms with Crippen LogP contribution in [-0.4, -0.2) is 54.9 Å². The Morgan fingerprint density at radius 1 is 1.21 bits per heavy atom. The summed E-state index contributed by atoms with van der Waals surface area (Å²) in [6.45, 7) is 2.22. The fraction of sp³-hybridized carbons (Fsp3) is 0.588. The van der Waals surface area contributed by atoms with Crippen molar-refractivity contribution >= 4 is 11.7 Å². The van der Waals surface area contributed by atoms with Crippen molar-refractivity contribution in [3.8, 4) is 0 Å². The van der Waals surface area contributed by atoms with Gasteiger partial charge in [0.2, 0.25) is 0 Å². The molecule has 5 nitrogen and oxygen atoms in total. The number of para-hydroxylation sites is 1. The van der Waals surface area contributed by atoms with E-state index in [2.05, 4.69) is 5.32 Å². The lowest BCUT2D eigenvalue weighted by Gasteiger charge is -2.32. The zero-order chi connectivity index (χ0) is 17.1. The quantitative estimate of drug-likeness (QED) is 0.885. The van der Waals surface area contributed by atoms with Crippen molar-refractivity contribution in [1.82, 2.24) is 10.2 Å². The van der Waals surface area contributed by atoms with Crippen LogP contribution in [0.2, 0.25) is 0 Å². The lowest BCUT2D eigenvalue weighted by atomic mass is 9.99. The largest absolute Gasteiger partial charge is 0.396 e. The number of nitrogens with zero attached hydrogens (tertiary/aromatic N) is 2. The standard InChI is InChI=1S/C17H23F2N3O2/c18-14-4-1-5-15(19)16(14)21-8-6-13(10-21)20-17(24)22-7-2-3-12(9-22)11-23/h1,4-5,12-13,23H,2-3,6-11H2,(H,20,24). The lowest BCUT2D eigenvalue weighted by Crippen LogP contribution is -2.49. The first-order chi connectivity index (χ1) is 11.6. The van der Waals surface area contributed by atoms with Crippen LogP contribution >= 0.6 is 0 Å². The summed E-state index contributed by atoms with van der Waals surface area (Å²) < 4.78 is 27.7. The molecular weight excluding hydrogens is 316 g/mol. The fourth-order valence-corrected chi connectivity index (χ4v) is 3.54. The van der Waals surface area contributed by atoms with Gasteiger partial charge >= 0.3 is 6.03 Å². The van der Waals surface area contributed by atoms with Crippen molar-refractivity contribution in [1.29, 1.82) is 0 Å². The third kappa shape index (κ3) is 3.61. The molecule has 0 spiro atoms. The number of aliphatic hydroxyl groups excluding tert-OH is 1. The second-order valence-electron chi connectivity index (χ2n) is 6.59. The Kier molecular flexibility index (Phi) is 5.18. The average Bonchev–Trinajstić information content (AvgIpc) is 3.02. The number of aliphatic hydroxyl groups is 1. The topological polar surface area (TPSA) is 55.8 Å². The Balaban J connectivity index is 1.57. The number of hydrogen-bond acceptors (Lipinski definition) is 3. The van der Waals surface area contributed by atoms with Gasteiger partial charge in [0.25, 0.3) is 0 Å². The molecule has 1 aromatic rings. The summed E-state index contributed by atoms with van der Waals surface area (Å²) in [5, 5.41) is 12.2. The first-order valence-corrected chi connectivity index (χ1v) is 8.43. The van der Waals surface area contributed by atoms with Gasteiger partial charge in [-0.25, -0.2) is 13.6 Å². The molecular formula is C17H23F2N3O2. The van der Waals surface area contributed by atoms with E-state index in [0.717, 1.165) is 12.8 Å². The molecule has 2 aliphatic heterocycles. The van der Waals surface area contributed by atoms with Crippen molar-refractivity contribution in [3.63, 3.8) is 0 Å². The minimum atomic E-state index is -0.580. The van der Waals surface area contributed by atoms with Gasteiger partial charge in [0, 0.05) is 38.8 Å². The number of urea groups is 1. The number of carbonyl (C=O) groups is 1. The summed E-state index contributed by atoms with van der Waals surface area (Å²) in [6, 6.07) is 3.54. The molecule has 2 atom stereocenters. The van der Waals surface area contributed by atoms with Crippen LogP contribution in [0.25, 0.3) is 0 Å². The highest BCUT2D eigenvalue weighted by molar-refractivity contribution is 5.75. The fourth-order valence-electron chi connectivity index (χ4n) is 3.54. The van der Waals surface area contributed by atoms with Crippen molar-refractivity contribution in [2.75, 3.05) is 37.7 Å². The van der Waals surface area contributed by atoms with Crippen LogP contribution < -0.4 is 10.2 Å². The molecule has 24 heavy (non-hydrogen) atoms. The van der Waals surface area contributed by atoms with Crippen molar-refractivity contribution in [3.05, 3.63) is 29.8 Å². The van der Waals surface area contributed by atoms with Crippen molar-refractivity contribution in [2.45, 2.75) is 25.3 Å². The van der Waals surface area contributed by atoms with E-state index in [-0.39, 0.29) is 30.3 Å². The van der Waals surface area contributed by atoms with Crippen molar-refractivity contribution in [2.24, 2.45) is 5.92 Å². The molecule has 2 unspecified atom stereocenters. The van der Waals surface area contributed by atoms with Crippen LogP contribution in [0.4, 0.5) is 19.3 Å². The second-order valence-corrected chi connectivity index (χ2v) is 6.59. The first-order valence-electron chi connectivity index (χ1n) is 8.43. The van der Waals surface area contributed by atoms with Gasteiger partial charge in [-0.2, -0.15) is 0 Å². The minimum Gasteiger partial charge on any atom is -0.396 e. The Labute approximate surface area is 140 Å². The molecule has 2 heterocycles. The number of anilines is 1. The van der Waals surface area contributed by atoms with Gasteiger partial charge in [-0.05, 0) is 37.3 Å². The average molecular weight is 339 g/mol. The highest BCUT2D eigenvalue weighted by atomic mass is 19.1. The molecule has 2 amide bonds. The third-order valence-electron chi connectivity index (χ3n) is 4.83. The Bertz CT molecular complexity index is 579. The highest BCUT2D eigenvalue weighted by Gasteiger charge is 2.30. The second kappa shape index (κ2) is 7.34. The molecule has 0 aliphatic carbocycles. The summed E-state index contributed by atoms with van der Waals surface area (Å²) in [4.78, 5) is 15.7. The van der Waals surface area contributed by atoms with Gasteiger partial charge in [-0.15, -0.1) is 0 Å². The van der Waals surface area contributed by atoms with E-state index < -0.39 is 11.6 Å². The van der Waals surface area contributed by atoms with Gasteiger partial charge < -0.3 is 20.2 Å². The molecule has 2 fully saturated rings. The molecule has 2 saturated heterocycles. The number of benzene rings is 1. The van der Waals surface area contributed by atoms with E-state index >= 15 is 0 Å². The normalized spacial score (nSPS) is 24.3. The van der Waals surface area contributed by atoms with E-state index in [4.69, 9.17) is 0 Å². The van der Waals surface area contributed by atoms with Crippen LogP contribution in [0.1, 0.15) is 19.3 Å². The third-order valence-corrected chi connectivity index (χ3v) is 4.83. The smallest absolute Gasteiger partial charge is 0.317 e. The number of nitrogens with one attached hydrogen (secondary N) is 1. The maximum Gasteiger partial charge on any atom is 0.317 e. The van der Waals surface area contributed by atoms with E-state index in [0.29, 0.717) is 32.6 Å². The Hall–Kier alpha value is -1.89. The summed E-state index contributed by atoms with van der Waals surface area (Å²) in [6.07, 6.45) is 2.47. The monoisotopic (exact) mass is 339 g/mol. The molecule has 7 heteroatoms. The number of likely N-dealkylation sites (tertiary alicyclic amines) is 1. The maximum atomic E-state index is 13.9. The highest BCUT2D eigenvalue weighted by Crippen LogP contribution is 2.27. The van der Waals surface area contributed by atoms with E-state index in [9.17, 15) is 18.7 Å². The molecule has 0 bridgehead atoms. The number of carbonyl (C=O) groups excluding carboxylic acids is 1. The molecule has 132 valence electrons. The minimum absolute atomic E-state index is 0.0208. The van der Waals surface area contributed by atoms with Gasteiger partial charge in [0.1, 0.15) is 17.3 Å². The Morgan fingerprint density at radius 3 is 2.67 bits per heavy atom. The van der Waals surface area contributed by atoms with E-state index in [1.165, 1.54) is 18.2 Å². The number of piperidine rings is 1. The summed E-state index contributed by atoms with van der Waals surface area (Å²) in [5.41, 5.74) is -0.0208. The van der Waals surface area contributed by atoms with Crippen LogP contribution in [0.5, 0.6) is 0 Å². The molecule has 0 aromatic heterocycles. The molecule has 0 saturated carbocycles. The molecule has 1 aromatic carbocycles. The number of halogens is 2. The van der Waals surface area contributed by atoms with E-state index in [1.54, 1.807) is 9.80 Å². The van der Waals surface area contributed by atoms with Gasteiger partial charge in [-0.1, -0.05) is 6.07 Å². The van der Waals surface area contributed by atoms with E-state index in [1.807, 2.05) is 0 Å². The number of amides is 2. The zero-order valence-electron chi connectivity index (χ0n) is 13.5. The van der Waals surface area contributed by atoms with Gasteiger partial charge in [-0.3, -0.25) is 0 Å². The predicted molar refractivity (Wildman–Crippen MR) is 86.9 cm³/mol. The summed E-state index contributed by atoms with van der Waals surface area (Å²) >= 11 is 0. The SMILES string of the molecule is O=C(NC1CCN(c2c(F)cccc2F)C1)N1CCCC(CO)C1. The van der Waals surface area contributed by atoms with Crippen molar-refractivity contribution < 1.29 is 18.7 Å². The predicted octanol–water partition coefficient (Wildman–Crippen LogP) is 1.96. The molecule has 3 rings (SSSR count). The van der Waals surface area contributed by atoms with Crippen LogP contribution in [0.3, 0.4) is 0 Å². The lowest BCUT2D eigenvalue weighted by molar-refractivity contribution is 0.128. The zero-order valence-corrected chi connectivity index (χ0v) is 13.5. The maximum absolute atomic E-state index is 13.9. The Morgan fingerprint density at radius 2 is 1.96 bits per heavy atom.